The van der Waals surface area contributed by atoms with Gasteiger partial charge in [-0.15, -0.1) is 5.10 Å². The second-order valence-electron chi connectivity index (χ2n) is 8.97. The number of amides is 1. The minimum atomic E-state index is -4.98. The van der Waals surface area contributed by atoms with Gasteiger partial charge in [0.25, 0.3) is 0 Å². The van der Waals surface area contributed by atoms with Crippen molar-refractivity contribution in [3.8, 4) is 11.8 Å². The minimum absolute atomic E-state index is 0.0270. The summed E-state index contributed by atoms with van der Waals surface area (Å²) in [4.78, 5) is 11.9. The van der Waals surface area contributed by atoms with E-state index in [2.05, 4.69) is 15.6 Å². The summed E-state index contributed by atoms with van der Waals surface area (Å²) < 4.78 is 80.3. The largest absolute Gasteiger partial charge is 0.417 e. The number of aromatic nitrogens is 3. The number of carbonyl (C=O) groups excluding carboxylic acids is 1. The molecule has 10 nitrogen and oxygen atoms in total. The van der Waals surface area contributed by atoms with Crippen LogP contribution in [-0.4, -0.2) is 60.4 Å². The Bertz CT molecular complexity index is 1300. The third-order valence-corrected chi connectivity index (χ3v) is 8.77. The number of nitrogens with zero attached hydrogens (tertiary/aromatic N) is 4. The Balaban J connectivity index is 1.64. The maximum absolute atomic E-state index is 14.0. The van der Waals surface area contributed by atoms with E-state index in [-0.39, 0.29) is 25.1 Å². The SMILES string of the molecule is COCc1cn(-c2ccc(S(=O)(=O)[C@@H]3C[C@H](OC)[C@@H](C(=O)NC4(C#N)CC4)C3)c(C(F)(F)F)c2)nn1. The second kappa shape index (κ2) is 9.45. The number of alkyl halides is 3. The number of nitrogens with one attached hydrogen (secondary N) is 1. The number of benzene rings is 1. The lowest BCUT2D eigenvalue weighted by Crippen LogP contribution is -2.42. The van der Waals surface area contributed by atoms with Crippen molar-refractivity contribution < 1.29 is 35.9 Å². The van der Waals surface area contributed by atoms with Crippen LogP contribution in [0.4, 0.5) is 13.2 Å². The van der Waals surface area contributed by atoms with E-state index in [9.17, 15) is 31.6 Å². The number of hydrogen-bond acceptors (Lipinski definition) is 8. The van der Waals surface area contributed by atoms with Crippen LogP contribution in [0.5, 0.6) is 0 Å². The maximum atomic E-state index is 14.0. The van der Waals surface area contributed by atoms with E-state index in [1.165, 1.54) is 26.5 Å². The topological polar surface area (TPSA) is 136 Å². The number of halogens is 3. The van der Waals surface area contributed by atoms with Gasteiger partial charge in [0.1, 0.15) is 11.2 Å². The van der Waals surface area contributed by atoms with Crippen molar-refractivity contribution in [2.75, 3.05) is 14.2 Å². The molecule has 1 N–H and O–H groups in total. The lowest BCUT2D eigenvalue weighted by atomic mass is 10.0. The highest BCUT2D eigenvalue weighted by molar-refractivity contribution is 7.92. The summed E-state index contributed by atoms with van der Waals surface area (Å²) in [6.07, 6.45) is -3.82. The Kier molecular flexibility index (Phi) is 6.84. The molecule has 2 aromatic rings. The Morgan fingerprint density at radius 2 is 2.03 bits per heavy atom. The van der Waals surface area contributed by atoms with Crippen LogP contribution in [0.2, 0.25) is 0 Å². The fourth-order valence-corrected chi connectivity index (χ4v) is 6.41. The molecular formula is C22H24F3N5O5S. The summed E-state index contributed by atoms with van der Waals surface area (Å²) in [5.74, 6) is -1.45. The molecule has 0 spiro atoms. The van der Waals surface area contributed by atoms with Crippen molar-refractivity contribution in [3.05, 3.63) is 35.7 Å². The van der Waals surface area contributed by atoms with Gasteiger partial charge in [-0.05, 0) is 43.9 Å². The smallest absolute Gasteiger partial charge is 0.381 e. The van der Waals surface area contributed by atoms with Gasteiger partial charge in [0.05, 0.1) is 52.3 Å². The van der Waals surface area contributed by atoms with Gasteiger partial charge in [-0.2, -0.15) is 18.4 Å². The average molecular weight is 528 g/mol. The summed E-state index contributed by atoms with van der Waals surface area (Å²) in [7, 11) is -1.77. The van der Waals surface area contributed by atoms with E-state index >= 15 is 0 Å². The number of hydrogen-bond donors (Lipinski definition) is 1. The molecule has 3 atom stereocenters. The molecule has 1 aromatic heterocycles. The maximum Gasteiger partial charge on any atom is 0.417 e. The van der Waals surface area contributed by atoms with Gasteiger partial charge in [0.2, 0.25) is 5.91 Å². The van der Waals surface area contributed by atoms with E-state index in [4.69, 9.17) is 9.47 Å². The Morgan fingerprint density at radius 3 is 2.61 bits per heavy atom. The van der Waals surface area contributed by atoms with E-state index in [0.29, 0.717) is 24.6 Å². The van der Waals surface area contributed by atoms with Gasteiger partial charge in [0, 0.05) is 14.2 Å². The summed E-state index contributed by atoms with van der Waals surface area (Å²) in [6.45, 7) is 0.102. The van der Waals surface area contributed by atoms with Crippen molar-refractivity contribution in [2.45, 2.75) is 60.3 Å². The van der Waals surface area contributed by atoms with Crippen LogP contribution in [0.15, 0.2) is 29.3 Å². The number of sulfone groups is 1. The zero-order valence-electron chi connectivity index (χ0n) is 19.4. The lowest BCUT2D eigenvalue weighted by Gasteiger charge is -2.19. The molecule has 1 heterocycles. The van der Waals surface area contributed by atoms with Crippen LogP contribution in [-0.2, 0) is 36.9 Å². The summed E-state index contributed by atoms with van der Waals surface area (Å²) in [5.41, 5.74) is -1.95. The molecule has 0 bridgehead atoms. The summed E-state index contributed by atoms with van der Waals surface area (Å²) in [6, 6.07) is 4.84. The van der Waals surface area contributed by atoms with Crippen LogP contribution in [0.25, 0.3) is 5.69 Å². The number of methoxy groups -OCH3 is 2. The van der Waals surface area contributed by atoms with E-state index in [0.717, 1.165) is 10.7 Å². The van der Waals surface area contributed by atoms with Gasteiger partial charge in [-0.3, -0.25) is 4.79 Å². The van der Waals surface area contributed by atoms with E-state index in [1.54, 1.807) is 0 Å². The number of nitriles is 1. The standard InChI is InChI=1S/C22H24F3N5O5S/c1-34-11-13-10-30(29-28-13)14-3-4-19(17(7-14)22(23,24)25)36(32,33)15-8-16(18(9-15)35-2)20(31)27-21(12-26)5-6-21/h3-4,7,10,15-16,18H,5-6,8-9,11H2,1-2H3,(H,27,31)/t15-,16-,18-/m0/s1. The van der Waals surface area contributed by atoms with Crippen molar-refractivity contribution in [3.63, 3.8) is 0 Å². The molecule has 14 heteroatoms. The summed E-state index contributed by atoms with van der Waals surface area (Å²) >= 11 is 0. The van der Waals surface area contributed by atoms with E-state index in [1.807, 2.05) is 6.07 Å². The number of carbonyl (C=O) groups is 1. The average Bonchev–Trinajstić information content (AvgIpc) is 3.23. The fourth-order valence-electron chi connectivity index (χ4n) is 4.41. The Hall–Kier alpha value is -3.02. The fraction of sp³-hybridized carbons (Fsp3) is 0.545. The Labute approximate surface area is 205 Å². The lowest BCUT2D eigenvalue weighted by molar-refractivity contribution is -0.140. The van der Waals surface area contributed by atoms with Crippen LogP contribution in [0.1, 0.15) is 36.9 Å². The minimum Gasteiger partial charge on any atom is -0.381 e. The first-order chi connectivity index (χ1) is 16.9. The van der Waals surface area contributed by atoms with Gasteiger partial charge in [-0.25, -0.2) is 13.1 Å². The molecule has 2 aliphatic carbocycles. The first-order valence-electron chi connectivity index (χ1n) is 11.1. The highest BCUT2D eigenvalue weighted by Gasteiger charge is 2.51. The number of ether oxygens (including phenoxy) is 2. The summed E-state index contributed by atoms with van der Waals surface area (Å²) in [5, 5.41) is 18.2. The van der Waals surface area contributed by atoms with Crippen molar-refractivity contribution >= 4 is 15.7 Å². The normalized spacial score (nSPS) is 23.3. The van der Waals surface area contributed by atoms with Gasteiger partial charge < -0.3 is 14.8 Å². The first-order valence-corrected chi connectivity index (χ1v) is 12.6. The third-order valence-electron chi connectivity index (χ3n) is 6.54. The van der Waals surface area contributed by atoms with Crippen molar-refractivity contribution in [1.82, 2.24) is 20.3 Å². The Morgan fingerprint density at radius 1 is 1.31 bits per heavy atom. The molecular weight excluding hydrogens is 503 g/mol. The molecule has 2 fully saturated rings. The molecule has 36 heavy (non-hydrogen) atoms. The zero-order chi connectivity index (χ0) is 26.3. The van der Waals surface area contributed by atoms with Crippen LogP contribution in [0, 0.1) is 17.2 Å². The third kappa shape index (κ3) is 4.95. The number of rotatable bonds is 8. The molecule has 0 aliphatic heterocycles. The molecule has 1 aromatic carbocycles. The molecule has 2 saturated carbocycles. The second-order valence-corrected chi connectivity index (χ2v) is 11.2. The molecule has 4 rings (SSSR count). The predicted molar refractivity (Wildman–Crippen MR) is 117 cm³/mol. The van der Waals surface area contributed by atoms with Crippen LogP contribution < -0.4 is 5.32 Å². The van der Waals surface area contributed by atoms with Gasteiger partial charge >= 0.3 is 6.18 Å². The molecule has 194 valence electrons. The quantitative estimate of drug-likeness (QED) is 0.552. The van der Waals surface area contributed by atoms with Gasteiger partial charge in [0.15, 0.2) is 9.84 Å². The highest BCUT2D eigenvalue weighted by atomic mass is 32.2. The molecule has 0 unspecified atom stereocenters. The van der Waals surface area contributed by atoms with E-state index < -0.39 is 55.2 Å². The molecule has 1 amide bonds. The van der Waals surface area contributed by atoms with Crippen LogP contribution >= 0.6 is 0 Å². The van der Waals surface area contributed by atoms with Crippen molar-refractivity contribution in [2.24, 2.45) is 5.92 Å². The zero-order valence-corrected chi connectivity index (χ0v) is 20.3. The molecule has 2 aliphatic rings. The van der Waals surface area contributed by atoms with Gasteiger partial charge in [-0.1, -0.05) is 5.21 Å². The predicted octanol–water partition coefficient (Wildman–Crippen LogP) is 2.17. The van der Waals surface area contributed by atoms with Crippen molar-refractivity contribution in [1.29, 1.82) is 5.26 Å². The molecule has 0 radical (unpaired) electrons. The van der Waals surface area contributed by atoms with Crippen LogP contribution in [0.3, 0.4) is 0 Å². The first kappa shape index (κ1) is 26.1. The molecule has 0 saturated heterocycles. The highest BCUT2D eigenvalue weighted by Crippen LogP contribution is 2.42. The monoisotopic (exact) mass is 527 g/mol.